The van der Waals surface area contributed by atoms with Gasteiger partial charge in [0.05, 0.1) is 23.3 Å². The highest BCUT2D eigenvalue weighted by atomic mass is 32.2. The number of hydrogen-bond acceptors (Lipinski definition) is 4. The van der Waals surface area contributed by atoms with Crippen LogP contribution in [0.4, 0.5) is 5.69 Å². The third kappa shape index (κ3) is 3.04. The van der Waals surface area contributed by atoms with E-state index in [4.69, 9.17) is 4.74 Å². The van der Waals surface area contributed by atoms with Gasteiger partial charge in [0, 0.05) is 12.7 Å². The Morgan fingerprint density at radius 1 is 1.35 bits per heavy atom. The highest BCUT2D eigenvalue weighted by Gasteiger charge is 2.13. The number of hydrogen-bond donors (Lipinski definition) is 1. The van der Waals surface area contributed by atoms with Gasteiger partial charge in [-0.05, 0) is 31.5 Å². The summed E-state index contributed by atoms with van der Waals surface area (Å²) >= 11 is 0. The molecule has 1 aromatic carbocycles. The maximum atomic E-state index is 11.8. The fraction of sp³-hybridized carbons (Fsp3) is 0.462. The second kappa shape index (κ2) is 5.70. The zero-order chi connectivity index (χ0) is 14.8. The van der Waals surface area contributed by atoms with Crippen LogP contribution in [0.1, 0.15) is 20.3 Å². The van der Waals surface area contributed by atoms with Crippen LogP contribution in [0.3, 0.4) is 0 Å². The van der Waals surface area contributed by atoms with Crippen molar-refractivity contribution in [2.24, 2.45) is 7.05 Å². The minimum Gasteiger partial charge on any atom is -0.476 e. The Bertz CT molecular complexity index is 707. The smallest absolute Gasteiger partial charge is 0.240 e. The van der Waals surface area contributed by atoms with Gasteiger partial charge in [0.1, 0.15) is 0 Å². The predicted molar refractivity (Wildman–Crippen MR) is 79.6 cm³/mol. The first-order chi connectivity index (χ1) is 9.46. The van der Waals surface area contributed by atoms with Gasteiger partial charge in [0.25, 0.3) is 0 Å². The molecule has 110 valence electrons. The monoisotopic (exact) mass is 297 g/mol. The van der Waals surface area contributed by atoms with Gasteiger partial charge in [0.15, 0.2) is 0 Å². The molecule has 0 atom stereocenters. The molecule has 0 aliphatic rings. The average molecular weight is 297 g/mol. The van der Waals surface area contributed by atoms with Gasteiger partial charge in [-0.25, -0.2) is 8.42 Å². The number of nitrogens with zero attached hydrogens (tertiary/aromatic N) is 2. The van der Waals surface area contributed by atoms with Gasteiger partial charge in [-0.2, -0.15) is 0 Å². The summed E-state index contributed by atoms with van der Waals surface area (Å²) in [5.41, 5.74) is 1.42. The Kier molecular flexibility index (Phi) is 4.17. The van der Waals surface area contributed by atoms with Gasteiger partial charge in [0.2, 0.25) is 15.9 Å². The fourth-order valence-corrected chi connectivity index (χ4v) is 3.17. The first kappa shape index (κ1) is 14.6. The Hall–Kier alpha value is -1.76. The summed E-state index contributed by atoms with van der Waals surface area (Å²) in [5, 5.41) is 5.07. The maximum absolute atomic E-state index is 11.8. The molecule has 1 heterocycles. The molecule has 0 radical (unpaired) electrons. The van der Waals surface area contributed by atoms with Crippen LogP contribution in [0.5, 0.6) is 5.88 Å². The Labute approximate surface area is 118 Å². The number of nitrogens with one attached hydrogen (secondary N) is 1. The van der Waals surface area contributed by atoms with Gasteiger partial charge in [-0.15, -0.1) is 5.10 Å². The second-order valence-corrected chi connectivity index (χ2v) is 6.36. The lowest BCUT2D eigenvalue weighted by atomic mass is 10.2. The summed E-state index contributed by atoms with van der Waals surface area (Å²) in [6.07, 6.45) is 0.578. The highest BCUT2D eigenvalue weighted by Crippen LogP contribution is 2.27. The SMILES string of the molecule is CCCS(=O)(=O)Nc1ccc2c(c1)c(OCC)nn2C. The van der Waals surface area contributed by atoms with Crippen LogP contribution in [-0.4, -0.2) is 30.6 Å². The average Bonchev–Trinajstić information content (AvgIpc) is 2.66. The summed E-state index contributed by atoms with van der Waals surface area (Å²) < 4.78 is 33.3. The lowest BCUT2D eigenvalue weighted by molar-refractivity contribution is 0.326. The van der Waals surface area contributed by atoms with Gasteiger partial charge >= 0.3 is 0 Å². The van der Waals surface area contributed by atoms with E-state index in [2.05, 4.69) is 9.82 Å². The van der Waals surface area contributed by atoms with Crippen LogP contribution in [0.2, 0.25) is 0 Å². The van der Waals surface area contributed by atoms with Crippen molar-refractivity contribution in [1.82, 2.24) is 9.78 Å². The third-order valence-electron chi connectivity index (χ3n) is 2.84. The number of aromatic nitrogens is 2. The van der Waals surface area contributed by atoms with Crippen LogP contribution >= 0.6 is 0 Å². The minimum absolute atomic E-state index is 0.108. The Morgan fingerprint density at radius 2 is 2.10 bits per heavy atom. The molecule has 20 heavy (non-hydrogen) atoms. The molecule has 0 unspecified atom stereocenters. The van der Waals surface area contributed by atoms with E-state index in [9.17, 15) is 8.42 Å². The molecular formula is C13H19N3O3S. The van der Waals surface area contributed by atoms with Gasteiger partial charge in [-0.1, -0.05) is 6.92 Å². The first-order valence-corrected chi connectivity index (χ1v) is 8.22. The van der Waals surface area contributed by atoms with Gasteiger partial charge in [-0.3, -0.25) is 9.40 Å². The van der Waals surface area contributed by atoms with E-state index in [1.165, 1.54) is 0 Å². The summed E-state index contributed by atoms with van der Waals surface area (Å²) in [7, 11) is -1.46. The number of rotatable bonds is 6. The minimum atomic E-state index is -3.29. The molecule has 0 saturated heterocycles. The first-order valence-electron chi connectivity index (χ1n) is 6.57. The Morgan fingerprint density at radius 3 is 2.75 bits per heavy atom. The molecule has 0 spiro atoms. The molecule has 2 aromatic rings. The standard InChI is InChI=1S/C13H19N3O3S/c1-4-8-20(17,18)15-10-6-7-12-11(9-10)13(19-5-2)14-16(12)3/h6-7,9,15H,4-5,8H2,1-3H3. The molecule has 7 heteroatoms. The molecular weight excluding hydrogens is 278 g/mol. The second-order valence-electron chi connectivity index (χ2n) is 4.51. The topological polar surface area (TPSA) is 73.2 Å². The summed E-state index contributed by atoms with van der Waals surface area (Å²) in [4.78, 5) is 0. The third-order valence-corrected chi connectivity index (χ3v) is 4.34. The van der Waals surface area contributed by atoms with Gasteiger partial charge < -0.3 is 4.74 Å². The molecule has 2 rings (SSSR count). The molecule has 0 aliphatic heterocycles. The molecule has 0 fully saturated rings. The molecule has 1 N–H and O–H groups in total. The summed E-state index contributed by atoms with van der Waals surface area (Å²) in [5.74, 6) is 0.623. The van der Waals surface area contributed by atoms with Crippen LogP contribution in [0, 0.1) is 0 Å². The van der Waals surface area contributed by atoms with Crippen LogP contribution in [0.15, 0.2) is 18.2 Å². The van der Waals surface area contributed by atoms with Crippen molar-refractivity contribution in [3.63, 3.8) is 0 Å². The predicted octanol–water partition coefficient (Wildman–Crippen LogP) is 2.12. The van der Waals surface area contributed by atoms with Crippen molar-refractivity contribution in [2.45, 2.75) is 20.3 Å². The number of ether oxygens (including phenoxy) is 1. The summed E-state index contributed by atoms with van der Waals surface area (Å²) in [6, 6.07) is 5.31. The molecule has 0 amide bonds. The van der Waals surface area contributed by atoms with Crippen molar-refractivity contribution < 1.29 is 13.2 Å². The number of anilines is 1. The fourth-order valence-electron chi connectivity index (χ4n) is 2.04. The lowest BCUT2D eigenvalue weighted by Gasteiger charge is -2.07. The van der Waals surface area contributed by atoms with Crippen molar-refractivity contribution in [2.75, 3.05) is 17.1 Å². The van der Waals surface area contributed by atoms with Crippen molar-refractivity contribution in [3.8, 4) is 5.88 Å². The largest absolute Gasteiger partial charge is 0.476 e. The maximum Gasteiger partial charge on any atom is 0.240 e. The normalized spacial score (nSPS) is 11.8. The van der Waals surface area contributed by atoms with Crippen LogP contribution < -0.4 is 9.46 Å². The quantitative estimate of drug-likeness (QED) is 0.886. The van der Waals surface area contributed by atoms with Crippen molar-refractivity contribution in [1.29, 1.82) is 0 Å². The van der Waals surface area contributed by atoms with Crippen LogP contribution in [-0.2, 0) is 17.1 Å². The highest BCUT2D eigenvalue weighted by molar-refractivity contribution is 7.92. The molecule has 1 aromatic heterocycles. The zero-order valence-electron chi connectivity index (χ0n) is 11.9. The Balaban J connectivity index is 2.40. The lowest BCUT2D eigenvalue weighted by Crippen LogP contribution is -2.15. The van der Waals surface area contributed by atoms with Crippen molar-refractivity contribution in [3.05, 3.63) is 18.2 Å². The molecule has 0 bridgehead atoms. The van der Waals surface area contributed by atoms with E-state index in [-0.39, 0.29) is 5.75 Å². The van der Waals surface area contributed by atoms with Crippen LogP contribution in [0.25, 0.3) is 10.9 Å². The number of fused-ring (bicyclic) bond motifs is 1. The van der Waals surface area contributed by atoms with Crippen molar-refractivity contribution >= 4 is 26.6 Å². The number of aryl methyl sites for hydroxylation is 1. The number of benzene rings is 1. The van der Waals surface area contributed by atoms with E-state index >= 15 is 0 Å². The number of sulfonamides is 1. The molecule has 0 saturated carbocycles. The van der Waals surface area contributed by atoms with E-state index in [1.54, 1.807) is 16.8 Å². The van der Waals surface area contributed by atoms with E-state index in [1.807, 2.05) is 27.0 Å². The van der Waals surface area contributed by atoms with E-state index < -0.39 is 10.0 Å². The molecule has 6 nitrogen and oxygen atoms in total. The van der Waals surface area contributed by atoms with E-state index in [0.717, 1.165) is 10.9 Å². The van der Waals surface area contributed by atoms with E-state index in [0.29, 0.717) is 24.6 Å². The summed E-state index contributed by atoms with van der Waals surface area (Å²) in [6.45, 7) is 4.23. The zero-order valence-corrected chi connectivity index (χ0v) is 12.7. The molecule has 0 aliphatic carbocycles.